The maximum atomic E-state index is 12.6. The van der Waals surface area contributed by atoms with Gasteiger partial charge in [-0.25, -0.2) is 4.79 Å². The van der Waals surface area contributed by atoms with Crippen LogP contribution in [0.1, 0.15) is 33.6 Å². The molecule has 0 spiro atoms. The standard InChI is InChI=1S/C15H22O7/c1-7-4-8(16)15(21)12(2)6-22-11(19)10(18)14(7,15)5-9(17)13(12,3)20/h7-8,10,16,18,20-21H,4-6H2,1-3H3/t7-,8-,10+,12+,13+,14+,15+/m1/s1. The zero-order valence-corrected chi connectivity index (χ0v) is 12.9. The summed E-state index contributed by atoms with van der Waals surface area (Å²) in [7, 11) is 0. The van der Waals surface area contributed by atoms with Crippen molar-refractivity contribution in [1.82, 2.24) is 0 Å². The first-order valence-electron chi connectivity index (χ1n) is 7.47. The van der Waals surface area contributed by atoms with E-state index in [4.69, 9.17) is 4.74 Å². The Bertz CT molecular complexity index is 558. The van der Waals surface area contributed by atoms with Crippen LogP contribution in [0.2, 0.25) is 0 Å². The van der Waals surface area contributed by atoms with Gasteiger partial charge in [-0.2, -0.15) is 0 Å². The highest BCUT2D eigenvalue weighted by atomic mass is 16.6. The van der Waals surface area contributed by atoms with E-state index in [9.17, 15) is 30.0 Å². The molecule has 0 unspecified atom stereocenters. The van der Waals surface area contributed by atoms with Crippen molar-refractivity contribution in [2.24, 2.45) is 16.7 Å². The molecule has 0 aromatic rings. The van der Waals surface area contributed by atoms with Crippen molar-refractivity contribution < 1.29 is 34.8 Å². The highest BCUT2D eigenvalue weighted by Gasteiger charge is 2.82. The van der Waals surface area contributed by atoms with Gasteiger partial charge in [0.15, 0.2) is 11.9 Å². The van der Waals surface area contributed by atoms with Crippen molar-refractivity contribution in [2.75, 3.05) is 6.61 Å². The lowest BCUT2D eigenvalue weighted by molar-refractivity contribution is -0.282. The number of ketones is 1. The van der Waals surface area contributed by atoms with E-state index in [0.29, 0.717) is 0 Å². The fourth-order valence-electron chi connectivity index (χ4n) is 5.04. The van der Waals surface area contributed by atoms with E-state index in [1.54, 1.807) is 6.92 Å². The summed E-state index contributed by atoms with van der Waals surface area (Å²) in [5.41, 5.74) is -7.18. The molecule has 0 amide bonds. The van der Waals surface area contributed by atoms with Gasteiger partial charge in [0.1, 0.15) is 17.8 Å². The number of hydrogen-bond acceptors (Lipinski definition) is 7. The predicted molar refractivity (Wildman–Crippen MR) is 72.5 cm³/mol. The van der Waals surface area contributed by atoms with E-state index >= 15 is 0 Å². The van der Waals surface area contributed by atoms with Crippen LogP contribution in [0.4, 0.5) is 0 Å². The first-order chi connectivity index (χ1) is 9.96. The van der Waals surface area contributed by atoms with E-state index in [-0.39, 0.29) is 12.8 Å². The molecule has 4 N–H and O–H groups in total. The molecule has 1 saturated heterocycles. The molecule has 7 nitrogen and oxygen atoms in total. The first-order valence-corrected chi connectivity index (χ1v) is 7.47. The van der Waals surface area contributed by atoms with Gasteiger partial charge in [0.2, 0.25) is 0 Å². The molecule has 7 atom stereocenters. The van der Waals surface area contributed by atoms with Crippen LogP contribution in [0.5, 0.6) is 0 Å². The molecule has 124 valence electrons. The Balaban J connectivity index is 2.37. The number of cyclic esters (lactones) is 1. The molecule has 2 saturated carbocycles. The van der Waals surface area contributed by atoms with Gasteiger partial charge in [0.05, 0.1) is 11.5 Å². The van der Waals surface area contributed by atoms with Crippen LogP contribution in [0.25, 0.3) is 0 Å². The Hall–Kier alpha value is -1.02. The van der Waals surface area contributed by atoms with E-state index in [1.165, 1.54) is 13.8 Å². The average Bonchev–Trinajstić information content (AvgIpc) is 2.61. The van der Waals surface area contributed by atoms with Gasteiger partial charge >= 0.3 is 5.97 Å². The molecule has 1 heterocycles. The smallest absolute Gasteiger partial charge is 0.335 e. The van der Waals surface area contributed by atoms with Gasteiger partial charge in [-0.1, -0.05) is 13.8 Å². The summed E-state index contributed by atoms with van der Waals surface area (Å²) in [6.45, 7) is 3.91. The molecule has 0 aromatic carbocycles. The van der Waals surface area contributed by atoms with E-state index < -0.39 is 58.5 Å². The summed E-state index contributed by atoms with van der Waals surface area (Å²) < 4.78 is 5.04. The summed E-state index contributed by atoms with van der Waals surface area (Å²) in [4.78, 5) is 24.6. The van der Waals surface area contributed by atoms with Crippen LogP contribution in [-0.4, -0.2) is 62.2 Å². The van der Waals surface area contributed by atoms with Crippen LogP contribution >= 0.6 is 0 Å². The highest BCUT2D eigenvalue weighted by Crippen LogP contribution is 2.68. The van der Waals surface area contributed by atoms with Crippen molar-refractivity contribution >= 4 is 11.8 Å². The SMILES string of the molecule is C[C@@H]1C[C@@H](O)[C@@]2(O)[C@@]13CC(=O)[C@](C)(O)[C@]2(C)COC(=O)[C@@H]3O. The number of hydrogen-bond donors (Lipinski definition) is 4. The zero-order valence-electron chi connectivity index (χ0n) is 12.9. The first kappa shape index (κ1) is 15.9. The van der Waals surface area contributed by atoms with Gasteiger partial charge in [-0.05, 0) is 19.3 Å². The minimum Gasteiger partial charge on any atom is -0.463 e. The van der Waals surface area contributed by atoms with Crippen LogP contribution < -0.4 is 0 Å². The number of carbonyl (C=O) groups excluding carboxylic acids is 2. The second-order valence-corrected chi connectivity index (χ2v) is 7.47. The van der Waals surface area contributed by atoms with Crippen molar-refractivity contribution in [3.63, 3.8) is 0 Å². The number of ether oxygens (including phenoxy) is 1. The summed E-state index contributed by atoms with van der Waals surface area (Å²) in [6.07, 6.45) is -3.27. The molecular weight excluding hydrogens is 292 g/mol. The number of aliphatic hydroxyl groups excluding tert-OH is 2. The summed E-state index contributed by atoms with van der Waals surface area (Å²) in [6, 6.07) is 0. The summed E-state index contributed by atoms with van der Waals surface area (Å²) in [5, 5.41) is 43.2. The third kappa shape index (κ3) is 1.29. The lowest BCUT2D eigenvalue weighted by Gasteiger charge is -2.61. The molecule has 1 aliphatic heterocycles. The number of aliphatic hydroxyl groups is 4. The predicted octanol–water partition coefficient (Wildman–Crippen LogP) is -1.25. The number of rotatable bonds is 0. The lowest BCUT2D eigenvalue weighted by atomic mass is 9.45. The van der Waals surface area contributed by atoms with Crippen molar-refractivity contribution in [3.8, 4) is 0 Å². The molecule has 2 bridgehead atoms. The molecule has 3 fully saturated rings. The molecule has 22 heavy (non-hydrogen) atoms. The Morgan fingerprint density at radius 1 is 1.18 bits per heavy atom. The second-order valence-electron chi connectivity index (χ2n) is 7.47. The largest absolute Gasteiger partial charge is 0.463 e. The molecule has 7 heteroatoms. The molecular formula is C15H22O7. The number of Topliss-reactive ketones (excluding diaryl/α,β-unsaturated/α-hetero) is 1. The van der Waals surface area contributed by atoms with Gasteiger partial charge < -0.3 is 25.2 Å². The molecule has 3 rings (SSSR count). The third-order valence-corrected chi connectivity index (χ3v) is 6.77. The topological polar surface area (TPSA) is 124 Å². The van der Waals surface area contributed by atoms with Gasteiger partial charge in [0, 0.05) is 11.8 Å². The van der Waals surface area contributed by atoms with E-state index in [0.717, 1.165) is 0 Å². The van der Waals surface area contributed by atoms with Crippen LogP contribution in [-0.2, 0) is 14.3 Å². The Labute approximate surface area is 127 Å². The normalized spacial score (nSPS) is 58.0. The minimum atomic E-state index is -2.01. The lowest BCUT2D eigenvalue weighted by Crippen LogP contribution is -2.77. The Kier molecular flexibility index (Phi) is 2.94. The van der Waals surface area contributed by atoms with Crippen LogP contribution in [0, 0.1) is 16.7 Å². The number of carbonyl (C=O) groups is 2. The average molecular weight is 314 g/mol. The fraction of sp³-hybridized carbons (Fsp3) is 0.867. The van der Waals surface area contributed by atoms with Crippen molar-refractivity contribution in [2.45, 2.75) is 57.0 Å². The second kappa shape index (κ2) is 4.08. The fourth-order valence-corrected chi connectivity index (χ4v) is 5.04. The quantitative estimate of drug-likeness (QED) is 0.412. The van der Waals surface area contributed by atoms with E-state index in [2.05, 4.69) is 0 Å². The highest BCUT2D eigenvalue weighted by molar-refractivity contribution is 5.92. The Morgan fingerprint density at radius 3 is 2.36 bits per heavy atom. The molecule has 0 radical (unpaired) electrons. The van der Waals surface area contributed by atoms with Crippen LogP contribution in [0.15, 0.2) is 0 Å². The van der Waals surface area contributed by atoms with Crippen molar-refractivity contribution in [3.05, 3.63) is 0 Å². The maximum Gasteiger partial charge on any atom is 0.335 e. The van der Waals surface area contributed by atoms with Gasteiger partial charge in [-0.3, -0.25) is 4.79 Å². The summed E-state index contributed by atoms with van der Waals surface area (Å²) >= 11 is 0. The molecule has 0 aromatic heterocycles. The Morgan fingerprint density at radius 2 is 1.77 bits per heavy atom. The van der Waals surface area contributed by atoms with Gasteiger partial charge in [-0.15, -0.1) is 0 Å². The van der Waals surface area contributed by atoms with E-state index in [1.807, 2.05) is 0 Å². The van der Waals surface area contributed by atoms with Crippen LogP contribution in [0.3, 0.4) is 0 Å². The third-order valence-electron chi connectivity index (χ3n) is 6.77. The molecule has 2 aliphatic carbocycles. The van der Waals surface area contributed by atoms with Crippen molar-refractivity contribution in [1.29, 1.82) is 0 Å². The molecule has 3 aliphatic rings. The maximum absolute atomic E-state index is 12.6. The van der Waals surface area contributed by atoms with Gasteiger partial charge in [0.25, 0.3) is 0 Å². The zero-order chi connectivity index (χ0) is 16.7. The minimum absolute atomic E-state index is 0.125. The number of esters is 1. The monoisotopic (exact) mass is 314 g/mol. The summed E-state index contributed by atoms with van der Waals surface area (Å²) in [5.74, 6) is -2.00.